The summed E-state index contributed by atoms with van der Waals surface area (Å²) in [6, 6.07) is 0. The number of hydrogen-bond donors (Lipinski definition) is 4. The second kappa shape index (κ2) is 30.3. The molecule has 7 heteroatoms. The van der Waals surface area contributed by atoms with E-state index in [1.807, 2.05) is 0 Å². The summed E-state index contributed by atoms with van der Waals surface area (Å²) >= 11 is -0.639. The van der Waals surface area contributed by atoms with Crippen molar-refractivity contribution in [1.82, 2.24) is 0 Å². The third kappa shape index (κ3) is 93.0. The van der Waals surface area contributed by atoms with Gasteiger partial charge >= 0.3 is 18.2 Å². The number of rotatable bonds is 2. The lowest BCUT2D eigenvalue weighted by atomic mass is 10.8. The van der Waals surface area contributed by atoms with E-state index in [1.54, 1.807) is 0 Å². The van der Waals surface area contributed by atoms with Crippen LogP contribution in [-0.4, -0.2) is 65.0 Å². The van der Waals surface area contributed by atoms with Gasteiger partial charge in [-0.05, 0) is 0 Å². The van der Waals surface area contributed by atoms with Crippen LogP contribution < -0.4 is 0 Å². The molecule has 0 rings (SSSR count). The molecule has 0 aromatic heterocycles. The molecule has 0 amide bonds. The van der Waals surface area contributed by atoms with E-state index in [0.717, 1.165) is 0 Å². The van der Waals surface area contributed by atoms with E-state index >= 15 is 0 Å². The van der Waals surface area contributed by atoms with E-state index in [-0.39, 0.29) is 26.4 Å². The Labute approximate surface area is 83.0 Å². The maximum absolute atomic E-state index is 7.62. The van der Waals surface area contributed by atoms with Gasteiger partial charge in [-0.3, -0.25) is 0 Å². The van der Waals surface area contributed by atoms with Crippen LogP contribution in [0.3, 0.4) is 0 Å². The van der Waals surface area contributed by atoms with Gasteiger partial charge in [0.1, 0.15) is 0 Å². The van der Waals surface area contributed by atoms with Gasteiger partial charge in [-0.2, -0.15) is 0 Å². The maximum atomic E-state index is 7.62. The zero-order chi connectivity index (χ0) is 9.54. The molecule has 0 saturated heterocycles. The molecule has 11 heavy (non-hydrogen) atoms. The van der Waals surface area contributed by atoms with Crippen LogP contribution >= 0.6 is 18.1 Å². The minimum Gasteiger partial charge on any atom is -0.394 e. The molecule has 0 aromatic rings. The molecule has 0 heterocycles. The van der Waals surface area contributed by atoms with Crippen LogP contribution in [0, 0.1) is 0 Å². The third-order valence-corrected chi connectivity index (χ3v) is 0.200. The number of aliphatic hydroxyl groups excluding tert-OH is 4. The molecule has 0 unspecified atom stereocenters. The average Bonchev–Trinajstić information content (AvgIpc) is 2.06. The summed E-state index contributed by atoms with van der Waals surface area (Å²) in [5.41, 5.74) is 0. The molecule has 0 atom stereocenters. The Morgan fingerprint density at radius 3 is 0.818 bits per heavy atom. The molecule has 68 valence electrons. The first-order chi connectivity index (χ1) is 5.24. The topological polar surface area (TPSA) is 80.9 Å². The van der Waals surface area contributed by atoms with Crippen molar-refractivity contribution in [2.75, 3.05) is 26.4 Å². The highest BCUT2D eigenvalue weighted by Crippen LogP contribution is 1.67. The Kier molecular flexibility index (Phi) is 49.8. The van der Waals surface area contributed by atoms with E-state index in [4.69, 9.17) is 38.6 Å². The van der Waals surface area contributed by atoms with Crippen molar-refractivity contribution in [1.29, 1.82) is 0 Å². The Morgan fingerprint density at radius 2 is 0.818 bits per heavy atom. The summed E-state index contributed by atoms with van der Waals surface area (Å²) < 4.78 is 0. The van der Waals surface area contributed by atoms with Crippen LogP contribution in [0.15, 0.2) is 0 Å². The summed E-state index contributed by atoms with van der Waals surface area (Å²) in [7, 11) is 9.81. The van der Waals surface area contributed by atoms with Crippen molar-refractivity contribution in [3.05, 3.63) is 0 Å². The molecule has 4 N–H and O–H groups in total. The van der Waals surface area contributed by atoms with Gasteiger partial charge in [-0.1, -0.05) is 0 Å². The molecule has 0 aliphatic carbocycles. The van der Waals surface area contributed by atoms with Crippen molar-refractivity contribution >= 4 is 36.3 Å². The molecule has 0 aliphatic heterocycles. The molecule has 0 spiro atoms. The Hall–Kier alpha value is 1.19. The second-order valence-electron chi connectivity index (χ2n) is 0.995. The standard InChI is InChI=1S/2C2H6O2.2ClH.Mg/c2*3-1-2-4;;;/h2*3-4H,1-2H2;2*1H;/q;;;;+2/p-2. The molecular weight excluding hydrogens is 207 g/mol. The lowest BCUT2D eigenvalue weighted by Crippen LogP contribution is -1.85. The van der Waals surface area contributed by atoms with Crippen LogP contribution in [-0.2, 0) is 0 Å². The van der Waals surface area contributed by atoms with E-state index in [2.05, 4.69) is 0 Å². The molecule has 4 nitrogen and oxygen atoms in total. The van der Waals surface area contributed by atoms with Crippen molar-refractivity contribution in [3.63, 3.8) is 0 Å². The highest BCUT2D eigenvalue weighted by atomic mass is 35.6. The zero-order valence-electron chi connectivity index (χ0n) is 6.08. The van der Waals surface area contributed by atoms with Gasteiger partial charge in [0.05, 0.1) is 26.4 Å². The number of halogens is 2. The highest BCUT2D eigenvalue weighted by molar-refractivity contribution is 7.22. The highest BCUT2D eigenvalue weighted by Gasteiger charge is 1.64. The summed E-state index contributed by atoms with van der Waals surface area (Å²) in [6.07, 6.45) is 0. The minimum atomic E-state index is -0.639. The number of aliphatic hydroxyl groups is 4. The summed E-state index contributed by atoms with van der Waals surface area (Å²) in [5, 5.41) is 30.5. The van der Waals surface area contributed by atoms with Crippen LogP contribution in [0.4, 0.5) is 0 Å². The molecule has 0 bridgehead atoms. The first-order valence-corrected chi connectivity index (χ1v) is 7.08. The summed E-state index contributed by atoms with van der Waals surface area (Å²) in [5.74, 6) is 0. The Morgan fingerprint density at radius 1 is 0.727 bits per heavy atom. The normalized spacial score (nSPS) is 6.36. The quantitative estimate of drug-likeness (QED) is 0.446. The predicted octanol–water partition coefficient (Wildman–Crippen LogP) is -1.06. The van der Waals surface area contributed by atoms with Crippen LogP contribution in [0.1, 0.15) is 0 Å². The van der Waals surface area contributed by atoms with E-state index in [9.17, 15) is 0 Å². The fraction of sp³-hybridized carbons (Fsp3) is 1.00. The summed E-state index contributed by atoms with van der Waals surface area (Å²) in [4.78, 5) is 0. The van der Waals surface area contributed by atoms with Gasteiger partial charge < -0.3 is 38.6 Å². The third-order valence-electron chi connectivity index (χ3n) is 0.200. The molecule has 0 aliphatic rings. The monoisotopic (exact) mass is 218 g/mol. The van der Waals surface area contributed by atoms with Crippen molar-refractivity contribution in [3.8, 4) is 0 Å². The Balaban J connectivity index is -0.0000000886. The summed E-state index contributed by atoms with van der Waals surface area (Å²) in [6.45, 7) is -0.500. The largest absolute Gasteiger partial charge is 0.618 e. The molecule has 0 radical (unpaired) electrons. The molecular formula is C4H12Cl2MgO4. The van der Waals surface area contributed by atoms with E-state index < -0.39 is 18.2 Å². The lowest BCUT2D eigenvalue weighted by Gasteiger charge is -1.70. The van der Waals surface area contributed by atoms with Crippen LogP contribution in [0.5, 0.6) is 0 Å². The van der Waals surface area contributed by atoms with E-state index in [1.165, 1.54) is 0 Å². The van der Waals surface area contributed by atoms with E-state index in [0.29, 0.717) is 0 Å². The van der Waals surface area contributed by atoms with Gasteiger partial charge in [0.15, 0.2) is 0 Å². The van der Waals surface area contributed by atoms with Gasteiger partial charge in [0.2, 0.25) is 0 Å². The van der Waals surface area contributed by atoms with Crippen LogP contribution in [0.2, 0.25) is 0 Å². The van der Waals surface area contributed by atoms with Gasteiger partial charge in [-0.15, -0.1) is 0 Å². The first-order valence-electron chi connectivity index (χ1n) is 2.80. The smallest absolute Gasteiger partial charge is 0.394 e. The predicted molar refractivity (Wildman–Crippen MR) is 45.8 cm³/mol. The molecule has 0 saturated carbocycles. The fourth-order valence-electron chi connectivity index (χ4n) is 0. The Bertz CT molecular complexity index is 35.3. The van der Waals surface area contributed by atoms with Crippen LogP contribution in [0.25, 0.3) is 0 Å². The molecule has 0 fully saturated rings. The van der Waals surface area contributed by atoms with Crippen molar-refractivity contribution in [2.24, 2.45) is 0 Å². The van der Waals surface area contributed by atoms with Crippen molar-refractivity contribution in [2.45, 2.75) is 0 Å². The molecule has 0 aromatic carbocycles. The van der Waals surface area contributed by atoms with Gasteiger partial charge in [-0.25, -0.2) is 0 Å². The zero-order valence-corrected chi connectivity index (χ0v) is 9.01. The van der Waals surface area contributed by atoms with Crippen molar-refractivity contribution < 1.29 is 20.4 Å². The first kappa shape index (κ1) is 18.1. The second-order valence-corrected chi connectivity index (χ2v) is 3.62. The lowest BCUT2D eigenvalue weighted by molar-refractivity contribution is 0.186. The average molecular weight is 219 g/mol. The number of hydrogen-bond acceptors (Lipinski definition) is 4. The van der Waals surface area contributed by atoms with Gasteiger partial charge in [0.25, 0.3) is 0 Å². The SMILES string of the molecule is OCCO.OCCO.[Cl][Mg][Cl]. The fourth-order valence-corrected chi connectivity index (χ4v) is 0. The minimum absolute atomic E-state index is 0.125. The maximum Gasteiger partial charge on any atom is 0.618 e. The van der Waals surface area contributed by atoms with Gasteiger partial charge in [0, 0.05) is 0 Å².